The van der Waals surface area contributed by atoms with Crippen LogP contribution in [-0.4, -0.2) is 15.1 Å². The van der Waals surface area contributed by atoms with Crippen molar-refractivity contribution in [2.75, 3.05) is 0 Å². The van der Waals surface area contributed by atoms with Gasteiger partial charge in [0.05, 0.1) is 6.10 Å². The van der Waals surface area contributed by atoms with Gasteiger partial charge in [-0.25, -0.2) is 4.98 Å². The average Bonchev–Trinajstić information content (AvgIpc) is 2.60. The maximum atomic E-state index is 9.67. The van der Waals surface area contributed by atoms with E-state index >= 15 is 0 Å². The lowest BCUT2D eigenvalue weighted by molar-refractivity contribution is 0.175. The maximum Gasteiger partial charge on any atom is 0.137 e. The third kappa shape index (κ3) is 1.31. The summed E-state index contributed by atoms with van der Waals surface area (Å²) >= 11 is 0. The maximum absolute atomic E-state index is 9.67. The van der Waals surface area contributed by atoms with Gasteiger partial charge in [-0.1, -0.05) is 6.92 Å². The van der Waals surface area contributed by atoms with Gasteiger partial charge in [0.1, 0.15) is 5.65 Å². The van der Waals surface area contributed by atoms with Crippen LogP contribution < -0.4 is 0 Å². The summed E-state index contributed by atoms with van der Waals surface area (Å²) in [6.45, 7) is 1.96. The van der Waals surface area contributed by atoms with E-state index in [-0.39, 0.29) is 0 Å². The van der Waals surface area contributed by atoms with E-state index < -0.39 is 6.10 Å². The van der Waals surface area contributed by atoms with Gasteiger partial charge >= 0.3 is 0 Å². The lowest BCUT2D eigenvalue weighted by Gasteiger charge is -2.04. The van der Waals surface area contributed by atoms with Crippen LogP contribution >= 0.6 is 0 Å². The molecular weight excluding hydrogens is 164 g/mol. The fourth-order valence-electron chi connectivity index (χ4n) is 1.47. The minimum atomic E-state index is -0.391. The van der Waals surface area contributed by atoms with Crippen LogP contribution in [0.1, 0.15) is 25.0 Å². The van der Waals surface area contributed by atoms with E-state index in [9.17, 15) is 5.11 Å². The molecule has 1 atom stereocenters. The minimum Gasteiger partial charge on any atom is -0.388 e. The molecule has 68 valence electrons. The molecule has 0 aliphatic carbocycles. The van der Waals surface area contributed by atoms with Crippen LogP contribution in [-0.2, 0) is 0 Å². The van der Waals surface area contributed by atoms with Gasteiger partial charge in [0.15, 0.2) is 0 Å². The zero-order valence-electron chi connectivity index (χ0n) is 7.49. The molecule has 3 nitrogen and oxygen atoms in total. The molecule has 0 fully saturated rings. The van der Waals surface area contributed by atoms with Crippen LogP contribution in [0.15, 0.2) is 24.5 Å². The van der Waals surface area contributed by atoms with E-state index in [1.807, 2.05) is 25.3 Å². The Morgan fingerprint density at radius 3 is 3.23 bits per heavy atom. The molecule has 0 bridgehead atoms. The van der Waals surface area contributed by atoms with Gasteiger partial charge in [-0.15, -0.1) is 0 Å². The standard InChI is InChI=1S/C10H12N2O/c1-2-9(13)8-6-12-10-7(8)4-3-5-11-10/h3-6,9,13H,2H2,1H3,(H,11,12)/t9-/m1/s1. The van der Waals surface area contributed by atoms with Crippen molar-refractivity contribution in [1.82, 2.24) is 9.97 Å². The minimum absolute atomic E-state index is 0.391. The molecular formula is C10H12N2O. The van der Waals surface area contributed by atoms with Gasteiger partial charge in [-0.3, -0.25) is 0 Å². The predicted octanol–water partition coefficient (Wildman–Crippen LogP) is 2.01. The molecule has 0 saturated heterocycles. The van der Waals surface area contributed by atoms with Crippen LogP contribution in [0.2, 0.25) is 0 Å². The number of aliphatic hydroxyl groups is 1. The quantitative estimate of drug-likeness (QED) is 0.735. The summed E-state index contributed by atoms with van der Waals surface area (Å²) < 4.78 is 0. The Hall–Kier alpha value is -1.35. The van der Waals surface area contributed by atoms with E-state index in [1.54, 1.807) is 6.20 Å². The highest BCUT2D eigenvalue weighted by molar-refractivity contribution is 5.79. The zero-order valence-corrected chi connectivity index (χ0v) is 7.49. The summed E-state index contributed by atoms with van der Waals surface area (Å²) in [6.07, 6.45) is 3.90. The van der Waals surface area contributed by atoms with E-state index in [0.717, 1.165) is 23.0 Å². The molecule has 0 aliphatic rings. The van der Waals surface area contributed by atoms with Crippen molar-refractivity contribution in [3.8, 4) is 0 Å². The monoisotopic (exact) mass is 176 g/mol. The Kier molecular flexibility index (Phi) is 2.02. The fourth-order valence-corrected chi connectivity index (χ4v) is 1.47. The number of hydrogen-bond donors (Lipinski definition) is 2. The molecule has 0 amide bonds. The first-order valence-electron chi connectivity index (χ1n) is 4.43. The van der Waals surface area contributed by atoms with Crippen LogP contribution in [0.4, 0.5) is 0 Å². The summed E-state index contributed by atoms with van der Waals surface area (Å²) in [6, 6.07) is 3.84. The van der Waals surface area contributed by atoms with Crippen molar-refractivity contribution < 1.29 is 5.11 Å². The van der Waals surface area contributed by atoms with E-state index in [0.29, 0.717) is 0 Å². The predicted molar refractivity (Wildman–Crippen MR) is 51.3 cm³/mol. The van der Waals surface area contributed by atoms with Gasteiger partial charge in [-0.05, 0) is 18.6 Å². The Morgan fingerprint density at radius 1 is 1.62 bits per heavy atom. The van der Waals surface area contributed by atoms with Gasteiger partial charge in [0, 0.05) is 23.3 Å². The van der Waals surface area contributed by atoms with Gasteiger partial charge < -0.3 is 10.1 Å². The number of rotatable bonds is 2. The molecule has 0 aliphatic heterocycles. The molecule has 0 saturated carbocycles. The molecule has 0 unspecified atom stereocenters. The van der Waals surface area contributed by atoms with Gasteiger partial charge in [-0.2, -0.15) is 0 Å². The SMILES string of the molecule is CC[C@@H](O)c1c[nH]c2ncccc12. The van der Waals surface area contributed by atoms with E-state index in [1.165, 1.54) is 0 Å². The summed E-state index contributed by atoms with van der Waals surface area (Å²) in [4.78, 5) is 7.18. The van der Waals surface area contributed by atoms with Crippen molar-refractivity contribution in [1.29, 1.82) is 0 Å². The number of fused-ring (bicyclic) bond motifs is 1. The van der Waals surface area contributed by atoms with Gasteiger partial charge in [0.2, 0.25) is 0 Å². The highest BCUT2D eigenvalue weighted by Gasteiger charge is 2.10. The first-order valence-corrected chi connectivity index (χ1v) is 4.43. The second kappa shape index (κ2) is 3.18. The summed E-state index contributed by atoms with van der Waals surface area (Å²) in [5.41, 5.74) is 1.77. The number of aliphatic hydroxyl groups excluding tert-OH is 1. The number of hydrogen-bond acceptors (Lipinski definition) is 2. The second-order valence-electron chi connectivity index (χ2n) is 3.07. The molecule has 0 aromatic carbocycles. The lowest BCUT2D eigenvalue weighted by Crippen LogP contribution is -1.92. The number of H-pyrrole nitrogens is 1. The molecule has 2 aromatic rings. The topological polar surface area (TPSA) is 48.9 Å². The van der Waals surface area contributed by atoms with Crippen molar-refractivity contribution in [2.45, 2.75) is 19.4 Å². The summed E-state index contributed by atoms with van der Waals surface area (Å²) in [7, 11) is 0. The Labute approximate surface area is 76.4 Å². The molecule has 0 spiro atoms. The highest BCUT2D eigenvalue weighted by atomic mass is 16.3. The van der Waals surface area contributed by atoms with Crippen molar-refractivity contribution >= 4 is 11.0 Å². The van der Waals surface area contributed by atoms with E-state index in [2.05, 4.69) is 9.97 Å². The average molecular weight is 176 g/mol. The van der Waals surface area contributed by atoms with Gasteiger partial charge in [0.25, 0.3) is 0 Å². The molecule has 3 heteroatoms. The Bertz CT molecular complexity index is 408. The molecule has 2 heterocycles. The van der Waals surface area contributed by atoms with Crippen molar-refractivity contribution in [3.63, 3.8) is 0 Å². The molecule has 2 rings (SSSR count). The number of nitrogens with zero attached hydrogens (tertiary/aromatic N) is 1. The van der Waals surface area contributed by atoms with Crippen LogP contribution in [0.5, 0.6) is 0 Å². The number of pyridine rings is 1. The Balaban J connectivity index is 2.57. The number of nitrogens with one attached hydrogen (secondary N) is 1. The normalized spacial score (nSPS) is 13.4. The number of aromatic amines is 1. The third-order valence-corrected chi connectivity index (χ3v) is 2.23. The number of aromatic nitrogens is 2. The van der Waals surface area contributed by atoms with Crippen LogP contribution in [0, 0.1) is 0 Å². The van der Waals surface area contributed by atoms with Crippen molar-refractivity contribution in [2.24, 2.45) is 0 Å². The first-order chi connectivity index (χ1) is 6.33. The van der Waals surface area contributed by atoms with Crippen molar-refractivity contribution in [3.05, 3.63) is 30.1 Å². The molecule has 2 N–H and O–H groups in total. The third-order valence-electron chi connectivity index (χ3n) is 2.23. The largest absolute Gasteiger partial charge is 0.388 e. The molecule has 2 aromatic heterocycles. The lowest BCUT2D eigenvalue weighted by atomic mass is 10.1. The molecule has 13 heavy (non-hydrogen) atoms. The summed E-state index contributed by atoms with van der Waals surface area (Å²) in [5, 5.41) is 10.7. The Morgan fingerprint density at radius 2 is 2.46 bits per heavy atom. The van der Waals surface area contributed by atoms with Crippen LogP contribution in [0.25, 0.3) is 11.0 Å². The summed E-state index contributed by atoms with van der Waals surface area (Å²) in [5.74, 6) is 0. The zero-order chi connectivity index (χ0) is 9.26. The highest BCUT2D eigenvalue weighted by Crippen LogP contribution is 2.24. The van der Waals surface area contributed by atoms with E-state index in [4.69, 9.17) is 0 Å². The second-order valence-corrected chi connectivity index (χ2v) is 3.07. The smallest absolute Gasteiger partial charge is 0.137 e. The first kappa shape index (κ1) is 8.26. The fraction of sp³-hybridized carbons (Fsp3) is 0.300. The van der Waals surface area contributed by atoms with Crippen LogP contribution in [0.3, 0.4) is 0 Å². The molecule has 0 radical (unpaired) electrons.